The van der Waals surface area contributed by atoms with Crippen LogP contribution in [0.15, 0.2) is 48.7 Å². The van der Waals surface area contributed by atoms with Gasteiger partial charge >= 0.3 is 0 Å². The molecule has 1 saturated heterocycles. The van der Waals surface area contributed by atoms with Crippen LogP contribution in [0.5, 0.6) is 0 Å². The summed E-state index contributed by atoms with van der Waals surface area (Å²) >= 11 is 12.7. The van der Waals surface area contributed by atoms with Gasteiger partial charge in [0.2, 0.25) is 5.95 Å². The van der Waals surface area contributed by atoms with Crippen molar-refractivity contribution < 1.29 is 9.90 Å². The minimum Gasteiger partial charge on any atom is -0.394 e. The molecule has 0 saturated carbocycles. The van der Waals surface area contributed by atoms with E-state index in [0.717, 1.165) is 31.0 Å². The standard InChI is InChI=1S/C25H27Cl2N7O2/c1-31-10-11-33(18(13-31)14-35)17-8-6-16(7-9-17)29-25-28-12-19-23(30-25)32(2)15-34(24(19)36)22-20(26)4-3-5-21(22)27/h3-9,12,18,35H,10-11,13-15H2,1-2H3,(H,28,29,30). The van der Waals surface area contributed by atoms with E-state index >= 15 is 0 Å². The third kappa shape index (κ3) is 4.67. The van der Waals surface area contributed by atoms with Gasteiger partial charge in [0.05, 0.1) is 35.1 Å². The molecule has 1 unspecified atom stereocenters. The quantitative estimate of drug-likeness (QED) is 0.519. The number of para-hydroxylation sites is 1. The highest BCUT2D eigenvalue weighted by Gasteiger charge is 2.32. The van der Waals surface area contributed by atoms with Crippen LogP contribution in [0, 0.1) is 0 Å². The molecule has 1 fully saturated rings. The lowest BCUT2D eigenvalue weighted by Gasteiger charge is -2.40. The highest BCUT2D eigenvalue weighted by Crippen LogP contribution is 2.37. The Hall–Kier alpha value is -3.11. The van der Waals surface area contributed by atoms with Crippen molar-refractivity contribution in [2.75, 3.05) is 67.0 Å². The average molecular weight is 528 g/mol. The van der Waals surface area contributed by atoms with E-state index < -0.39 is 0 Å². The monoisotopic (exact) mass is 527 g/mol. The Morgan fingerprint density at radius 3 is 2.50 bits per heavy atom. The van der Waals surface area contributed by atoms with Gasteiger partial charge in [0.1, 0.15) is 11.4 Å². The summed E-state index contributed by atoms with van der Waals surface area (Å²) in [5.41, 5.74) is 2.71. The molecule has 0 radical (unpaired) electrons. The number of hydrogen-bond donors (Lipinski definition) is 2. The van der Waals surface area contributed by atoms with Gasteiger partial charge in [-0.3, -0.25) is 9.69 Å². The number of nitrogens with one attached hydrogen (secondary N) is 1. The Morgan fingerprint density at radius 2 is 1.81 bits per heavy atom. The second kappa shape index (κ2) is 10.1. The Labute approximate surface area is 219 Å². The van der Waals surface area contributed by atoms with Crippen LogP contribution >= 0.6 is 23.2 Å². The number of aliphatic hydroxyl groups excluding tert-OH is 1. The molecule has 188 valence electrons. The predicted molar refractivity (Wildman–Crippen MR) is 144 cm³/mol. The maximum atomic E-state index is 13.3. The lowest BCUT2D eigenvalue weighted by molar-refractivity contribution is 0.0982. The molecule has 1 atom stereocenters. The van der Waals surface area contributed by atoms with Gasteiger partial charge in [-0.05, 0) is 43.4 Å². The molecule has 3 heterocycles. The molecule has 11 heteroatoms. The van der Waals surface area contributed by atoms with E-state index in [-0.39, 0.29) is 25.2 Å². The van der Waals surface area contributed by atoms with E-state index in [1.165, 1.54) is 11.1 Å². The molecule has 1 amide bonds. The van der Waals surface area contributed by atoms with E-state index in [0.29, 0.717) is 33.1 Å². The molecule has 2 aliphatic heterocycles. The Bertz CT molecular complexity index is 1250. The SMILES string of the molecule is CN1CCN(c2ccc(Nc3ncc4c(n3)N(C)CN(c3c(Cl)cccc3Cl)C4=O)cc2)C(CO)C1. The lowest BCUT2D eigenvalue weighted by Crippen LogP contribution is -2.53. The fourth-order valence-electron chi connectivity index (χ4n) is 4.65. The molecular weight excluding hydrogens is 501 g/mol. The second-order valence-electron chi connectivity index (χ2n) is 9.04. The van der Waals surface area contributed by atoms with Crippen molar-refractivity contribution in [3.8, 4) is 0 Å². The number of carbonyl (C=O) groups is 1. The number of anilines is 5. The summed E-state index contributed by atoms with van der Waals surface area (Å²) in [7, 11) is 3.92. The minimum atomic E-state index is -0.264. The number of aliphatic hydroxyl groups is 1. The highest BCUT2D eigenvalue weighted by molar-refractivity contribution is 6.40. The van der Waals surface area contributed by atoms with Crippen LogP contribution in [0.2, 0.25) is 10.0 Å². The van der Waals surface area contributed by atoms with Gasteiger partial charge in [-0.15, -0.1) is 0 Å². The molecule has 9 nitrogen and oxygen atoms in total. The van der Waals surface area contributed by atoms with Crippen LogP contribution in [0.25, 0.3) is 0 Å². The van der Waals surface area contributed by atoms with E-state index in [1.54, 1.807) is 18.2 Å². The number of halogens is 2. The molecule has 0 bridgehead atoms. The maximum absolute atomic E-state index is 13.3. The summed E-state index contributed by atoms with van der Waals surface area (Å²) < 4.78 is 0. The topological polar surface area (TPSA) is 88.1 Å². The largest absolute Gasteiger partial charge is 0.394 e. The smallest absolute Gasteiger partial charge is 0.265 e. The zero-order valence-corrected chi connectivity index (χ0v) is 21.5. The number of hydrogen-bond acceptors (Lipinski definition) is 8. The first-order valence-electron chi connectivity index (χ1n) is 11.6. The van der Waals surface area contributed by atoms with E-state index in [1.807, 2.05) is 36.2 Å². The molecule has 2 aliphatic rings. The first-order chi connectivity index (χ1) is 17.4. The van der Waals surface area contributed by atoms with Gasteiger partial charge in [-0.2, -0.15) is 4.98 Å². The number of benzene rings is 2. The van der Waals surface area contributed by atoms with Crippen molar-refractivity contribution in [3.63, 3.8) is 0 Å². The third-order valence-electron chi connectivity index (χ3n) is 6.52. The van der Waals surface area contributed by atoms with Crippen LogP contribution in [0.1, 0.15) is 10.4 Å². The molecule has 1 aromatic heterocycles. The zero-order chi connectivity index (χ0) is 25.4. The fourth-order valence-corrected chi connectivity index (χ4v) is 5.26. The normalized spacial score (nSPS) is 18.4. The summed E-state index contributed by atoms with van der Waals surface area (Å²) in [6.07, 6.45) is 1.52. The van der Waals surface area contributed by atoms with Crippen LogP contribution < -0.4 is 20.0 Å². The first kappa shape index (κ1) is 24.6. The number of likely N-dealkylation sites (N-methyl/N-ethyl adjacent to an activating group) is 1. The average Bonchev–Trinajstić information content (AvgIpc) is 2.87. The molecule has 0 aliphatic carbocycles. The van der Waals surface area contributed by atoms with Crippen molar-refractivity contribution in [2.45, 2.75) is 6.04 Å². The van der Waals surface area contributed by atoms with Gasteiger partial charge < -0.3 is 25.1 Å². The predicted octanol–water partition coefficient (Wildman–Crippen LogP) is 3.69. The molecule has 3 aromatic rings. The summed E-state index contributed by atoms with van der Waals surface area (Å²) in [4.78, 5) is 30.1. The van der Waals surface area contributed by atoms with E-state index in [9.17, 15) is 9.90 Å². The minimum absolute atomic E-state index is 0.0693. The lowest BCUT2D eigenvalue weighted by atomic mass is 10.1. The van der Waals surface area contributed by atoms with Crippen molar-refractivity contribution in [1.82, 2.24) is 14.9 Å². The molecule has 36 heavy (non-hydrogen) atoms. The maximum Gasteiger partial charge on any atom is 0.265 e. The molecule has 2 aromatic carbocycles. The summed E-state index contributed by atoms with van der Waals surface area (Å²) in [5, 5.41) is 13.8. The van der Waals surface area contributed by atoms with Crippen LogP contribution in [-0.4, -0.2) is 78.9 Å². The summed E-state index contributed by atoms with van der Waals surface area (Å²) in [5.74, 6) is 0.648. The van der Waals surface area contributed by atoms with Crippen LogP contribution in [-0.2, 0) is 0 Å². The number of amides is 1. The number of rotatable bonds is 5. The highest BCUT2D eigenvalue weighted by atomic mass is 35.5. The Kier molecular flexibility index (Phi) is 6.90. The summed E-state index contributed by atoms with van der Waals surface area (Å²) in [6.45, 7) is 2.99. The Morgan fingerprint density at radius 1 is 1.08 bits per heavy atom. The molecule has 2 N–H and O–H groups in total. The zero-order valence-electron chi connectivity index (χ0n) is 20.0. The van der Waals surface area contributed by atoms with Crippen LogP contribution in [0.3, 0.4) is 0 Å². The van der Waals surface area contributed by atoms with Crippen molar-refractivity contribution in [1.29, 1.82) is 0 Å². The van der Waals surface area contributed by atoms with Gasteiger partial charge in [0.15, 0.2) is 0 Å². The number of aromatic nitrogens is 2. The molecule has 5 rings (SSSR count). The van der Waals surface area contributed by atoms with Gasteiger partial charge in [-0.1, -0.05) is 29.3 Å². The van der Waals surface area contributed by atoms with Crippen molar-refractivity contribution >= 4 is 57.9 Å². The Balaban J connectivity index is 1.34. The summed E-state index contributed by atoms with van der Waals surface area (Å²) in [6, 6.07) is 13.2. The van der Waals surface area contributed by atoms with Gasteiger partial charge in [0.25, 0.3) is 5.91 Å². The number of nitrogens with zero attached hydrogens (tertiary/aromatic N) is 6. The van der Waals surface area contributed by atoms with Gasteiger partial charge in [0, 0.05) is 44.3 Å². The molecule has 0 spiro atoms. The number of fused-ring (bicyclic) bond motifs is 1. The van der Waals surface area contributed by atoms with E-state index in [4.69, 9.17) is 23.2 Å². The van der Waals surface area contributed by atoms with Crippen molar-refractivity contribution in [3.05, 3.63) is 64.3 Å². The molecular formula is C25H27Cl2N7O2. The van der Waals surface area contributed by atoms with Gasteiger partial charge in [-0.25, -0.2) is 4.98 Å². The fraction of sp³-hybridized carbons (Fsp3) is 0.320. The van der Waals surface area contributed by atoms with E-state index in [2.05, 4.69) is 32.1 Å². The van der Waals surface area contributed by atoms with Crippen LogP contribution in [0.4, 0.5) is 28.8 Å². The second-order valence-corrected chi connectivity index (χ2v) is 9.85. The first-order valence-corrected chi connectivity index (χ1v) is 12.4. The number of carbonyl (C=O) groups excluding carboxylic acids is 1. The number of piperazine rings is 1. The van der Waals surface area contributed by atoms with Crippen molar-refractivity contribution in [2.24, 2.45) is 0 Å². The third-order valence-corrected chi connectivity index (χ3v) is 7.13.